The molecule has 2 heterocycles. The molecular formula is C15H26N4. The standard InChI is InChI=1S/C15H26N4/c1-11(2)19-10-13(9-17-19)15-12(6-7-18(15)3)8-16-14-4-5-14/h9-12,14-16H,4-8H2,1-3H3. The molecule has 4 nitrogen and oxygen atoms in total. The zero-order valence-corrected chi connectivity index (χ0v) is 12.3. The molecule has 0 amide bonds. The van der Waals surface area contributed by atoms with Gasteiger partial charge in [0.25, 0.3) is 0 Å². The molecule has 1 saturated carbocycles. The fourth-order valence-electron chi connectivity index (χ4n) is 3.16. The lowest BCUT2D eigenvalue weighted by molar-refractivity contribution is 0.271. The molecule has 0 spiro atoms. The Morgan fingerprint density at radius 2 is 2.16 bits per heavy atom. The summed E-state index contributed by atoms with van der Waals surface area (Å²) in [7, 11) is 2.24. The summed E-state index contributed by atoms with van der Waals surface area (Å²) in [5, 5.41) is 8.20. The second kappa shape index (κ2) is 5.25. The average molecular weight is 262 g/mol. The van der Waals surface area contributed by atoms with Crippen LogP contribution in [0.2, 0.25) is 0 Å². The van der Waals surface area contributed by atoms with Gasteiger partial charge in [0.05, 0.1) is 6.20 Å². The smallest absolute Gasteiger partial charge is 0.0537 e. The van der Waals surface area contributed by atoms with Crippen molar-refractivity contribution in [2.24, 2.45) is 5.92 Å². The van der Waals surface area contributed by atoms with Crippen LogP contribution in [-0.4, -0.2) is 40.9 Å². The van der Waals surface area contributed by atoms with Crippen LogP contribution >= 0.6 is 0 Å². The molecule has 19 heavy (non-hydrogen) atoms. The number of rotatable bonds is 5. The largest absolute Gasteiger partial charge is 0.314 e. The summed E-state index contributed by atoms with van der Waals surface area (Å²) in [6.07, 6.45) is 8.35. The summed E-state index contributed by atoms with van der Waals surface area (Å²) >= 11 is 0. The van der Waals surface area contributed by atoms with Crippen molar-refractivity contribution in [3.63, 3.8) is 0 Å². The molecule has 2 fully saturated rings. The fraction of sp³-hybridized carbons (Fsp3) is 0.800. The van der Waals surface area contributed by atoms with E-state index in [2.05, 4.69) is 53.3 Å². The Labute approximate surface area is 116 Å². The molecular weight excluding hydrogens is 236 g/mol. The molecule has 1 aromatic heterocycles. The van der Waals surface area contributed by atoms with E-state index in [9.17, 15) is 0 Å². The number of hydrogen-bond acceptors (Lipinski definition) is 3. The lowest BCUT2D eigenvalue weighted by Crippen LogP contribution is -2.29. The van der Waals surface area contributed by atoms with E-state index in [0.29, 0.717) is 12.1 Å². The predicted molar refractivity (Wildman–Crippen MR) is 77.1 cm³/mol. The number of hydrogen-bond donors (Lipinski definition) is 1. The minimum atomic E-state index is 0.448. The van der Waals surface area contributed by atoms with Crippen molar-refractivity contribution in [3.05, 3.63) is 18.0 Å². The van der Waals surface area contributed by atoms with Crippen LogP contribution in [0.25, 0.3) is 0 Å². The van der Waals surface area contributed by atoms with Gasteiger partial charge in [-0.1, -0.05) is 0 Å². The van der Waals surface area contributed by atoms with E-state index in [1.807, 2.05) is 0 Å². The first-order chi connectivity index (χ1) is 9.15. The van der Waals surface area contributed by atoms with Gasteiger partial charge in [0.15, 0.2) is 0 Å². The van der Waals surface area contributed by atoms with Gasteiger partial charge in [0.1, 0.15) is 0 Å². The van der Waals surface area contributed by atoms with Crippen LogP contribution in [0.4, 0.5) is 0 Å². The van der Waals surface area contributed by atoms with Gasteiger partial charge < -0.3 is 5.32 Å². The maximum absolute atomic E-state index is 4.51. The molecule has 3 rings (SSSR count). The van der Waals surface area contributed by atoms with Gasteiger partial charge in [-0.25, -0.2) is 0 Å². The number of nitrogens with zero attached hydrogens (tertiary/aromatic N) is 3. The normalized spacial score (nSPS) is 28.4. The second-order valence-corrected chi connectivity index (χ2v) is 6.50. The molecule has 1 aliphatic carbocycles. The lowest BCUT2D eigenvalue weighted by Gasteiger charge is -2.24. The van der Waals surface area contributed by atoms with Gasteiger partial charge in [0, 0.05) is 36.4 Å². The highest BCUT2D eigenvalue weighted by atomic mass is 15.3. The van der Waals surface area contributed by atoms with Crippen molar-refractivity contribution in [1.82, 2.24) is 20.0 Å². The summed E-state index contributed by atoms with van der Waals surface area (Å²) in [6, 6.07) is 1.80. The van der Waals surface area contributed by atoms with Gasteiger partial charge in [0.2, 0.25) is 0 Å². The molecule has 4 heteroatoms. The highest BCUT2D eigenvalue weighted by Crippen LogP contribution is 2.36. The van der Waals surface area contributed by atoms with E-state index < -0.39 is 0 Å². The lowest BCUT2D eigenvalue weighted by atomic mass is 9.96. The molecule has 2 atom stereocenters. The van der Waals surface area contributed by atoms with E-state index in [4.69, 9.17) is 0 Å². The Bertz CT molecular complexity index is 422. The monoisotopic (exact) mass is 262 g/mol. The van der Waals surface area contributed by atoms with Crippen LogP contribution in [0.15, 0.2) is 12.4 Å². The van der Waals surface area contributed by atoms with Crippen molar-refractivity contribution in [1.29, 1.82) is 0 Å². The average Bonchev–Trinajstić information content (AvgIpc) is 2.94. The van der Waals surface area contributed by atoms with Crippen LogP contribution in [0, 0.1) is 5.92 Å². The minimum absolute atomic E-state index is 0.448. The van der Waals surface area contributed by atoms with Crippen molar-refractivity contribution in [3.8, 4) is 0 Å². The first kappa shape index (κ1) is 13.1. The number of nitrogens with one attached hydrogen (secondary N) is 1. The van der Waals surface area contributed by atoms with E-state index in [1.165, 1.54) is 31.4 Å². The topological polar surface area (TPSA) is 33.1 Å². The number of aromatic nitrogens is 2. The SMILES string of the molecule is CC(C)n1cc(C2C(CNC3CC3)CCN2C)cn1. The third-order valence-corrected chi connectivity index (χ3v) is 4.51. The van der Waals surface area contributed by atoms with Crippen LogP contribution in [0.1, 0.15) is 50.8 Å². The molecule has 1 saturated heterocycles. The summed E-state index contributed by atoms with van der Waals surface area (Å²) < 4.78 is 2.08. The van der Waals surface area contributed by atoms with Crippen LogP contribution in [0.3, 0.4) is 0 Å². The Morgan fingerprint density at radius 3 is 2.79 bits per heavy atom. The first-order valence-electron chi connectivity index (χ1n) is 7.63. The Kier molecular flexibility index (Phi) is 3.63. The molecule has 0 aromatic carbocycles. The van der Waals surface area contributed by atoms with Crippen molar-refractivity contribution in [2.75, 3.05) is 20.1 Å². The summed E-state index contributed by atoms with van der Waals surface area (Å²) in [5.74, 6) is 0.732. The summed E-state index contributed by atoms with van der Waals surface area (Å²) in [6.45, 7) is 6.73. The predicted octanol–water partition coefficient (Wildman–Crippen LogP) is 2.21. The van der Waals surface area contributed by atoms with Gasteiger partial charge in [-0.05, 0) is 52.6 Å². The molecule has 2 aliphatic rings. The molecule has 106 valence electrons. The van der Waals surface area contributed by atoms with Gasteiger partial charge in [-0.3, -0.25) is 9.58 Å². The maximum Gasteiger partial charge on any atom is 0.0537 e. The quantitative estimate of drug-likeness (QED) is 0.883. The third-order valence-electron chi connectivity index (χ3n) is 4.51. The molecule has 2 unspecified atom stereocenters. The van der Waals surface area contributed by atoms with E-state index in [-0.39, 0.29) is 0 Å². The van der Waals surface area contributed by atoms with E-state index in [0.717, 1.165) is 18.5 Å². The highest BCUT2D eigenvalue weighted by Gasteiger charge is 2.34. The highest BCUT2D eigenvalue weighted by molar-refractivity contribution is 5.14. The van der Waals surface area contributed by atoms with Gasteiger partial charge >= 0.3 is 0 Å². The minimum Gasteiger partial charge on any atom is -0.314 e. The number of likely N-dealkylation sites (tertiary alicyclic amines) is 1. The first-order valence-corrected chi connectivity index (χ1v) is 7.63. The maximum atomic E-state index is 4.51. The molecule has 0 bridgehead atoms. The fourth-order valence-corrected chi connectivity index (χ4v) is 3.16. The van der Waals surface area contributed by atoms with Gasteiger partial charge in [-0.2, -0.15) is 5.10 Å². The summed E-state index contributed by atoms with van der Waals surface area (Å²) in [5.41, 5.74) is 1.39. The Balaban J connectivity index is 1.70. The third kappa shape index (κ3) is 2.84. The van der Waals surface area contributed by atoms with Crippen LogP contribution in [0.5, 0.6) is 0 Å². The zero-order valence-electron chi connectivity index (χ0n) is 12.3. The second-order valence-electron chi connectivity index (χ2n) is 6.50. The van der Waals surface area contributed by atoms with Crippen molar-refractivity contribution < 1.29 is 0 Å². The van der Waals surface area contributed by atoms with Crippen LogP contribution < -0.4 is 5.32 Å². The summed E-state index contributed by atoms with van der Waals surface area (Å²) in [4.78, 5) is 2.49. The molecule has 1 N–H and O–H groups in total. The van der Waals surface area contributed by atoms with Crippen LogP contribution in [-0.2, 0) is 0 Å². The molecule has 1 aromatic rings. The van der Waals surface area contributed by atoms with Crippen molar-refractivity contribution >= 4 is 0 Å². The Morgan fingerprint density at radius 1 is 1.37 bits per heavy atom. The Hall–Kier alpha value is -0.870. The zero-order chi connectivity index (χ0) is 13.4. The molecule has 0 radical (unpaired) electrons. The van der Waals surface area contributed by atoms with E-state index in [1.54, 1.807) is 0 Å². The van der Waals surface area contributed by atoms with Gasteiger partial charge in [-0.15, -0.1) is 0 Å². The van der Waals surface area contributed by atoms with Crippen molar-refractivity contribution in [2.45, 2.75) is 51.2 Å². The van der Waals surface area contributed by atoms with E-state index >= 15 is 0 Å². The molecule has 1 aliphatic heterocycles.